The monoisotopic (exact) mass is 227 g/mol. The average molecular weight is 227 g/mol. The Hall–Kier alpha value is -0.320. The van der Waals surface area contributed by atoms with E-state index >= 15 is 0 Å². The van der Waals surface area contributed by atoms with Crippen molar-refractivity contribution in [3.63, 3.8) is 0 Å². The van der Waals surface area contributed by atoms with Gasteiger partial charge < -0.3 is 5.73 Å². The summed E-state index contributed by atoms with van der Waals surface area (Å²) >= 11 is 7.80. The normalized spacial score (nSPS) is 10.9. The highest BCUT2D eigenvalue weighted by atomic mass is 32.2. The van der Waals surface area contributed by atoms with E-state index in [0.717, 1.165) is 10.6 Å². The van der Waals surface area contributed by atoms with Crippen LogP contribution in [0.5, 0.6) is 0 Å². The van der Waals surface area contributed by atoms with Crippen LogP contribution < -0.4 is 5.73 Å². The van der Waals surface area contributed by atoms with Gasteiger partial charge in [0.15, 0.2) is 0 Å². The number of hydrogen-bond donors (Lipinski definition) is 2. The van der Waals surface area contributed by atoms with E-state index in [9.17, 15) is 0 Å². The molecule has 0 atom stereocenters. The van der Waals surface area contributed by atoms with Gasteiger partial charge in [-0.3, -0.25) is 0 Å². The summed E-state index contributed by atoms with van der Waals surface area (Å²) in [6.07, 6.45) is 2.04. The van der Waals surface area contributed by atoms with E-state index in [2.05, 4.69) is 24.1 Å². The highest BCUT2D eigenvalue weighted by Crippen LogP contribution is 2.38. The topological polar surface area (TPSA) is 26.0 Å². The van der Waals surface area contributed by atoms with Crippen LogP contribution in [-0.2, 0) is 0 Å². The fraction of sp³-hybridized carbons (Fsp3) is 0.111. The van der Waals surface area contributed by atoms with Gasteiger partial charge >= 0.3 is 0 Å². The molecule has 0 spiro atoms. The predicted molar refractivity (Wildman–Crippen MR) is 65.3 cm³/mol. The summed E-state index contributed by atoms with van der Waals surface area (Å²) in [4.78, 5) is 2.13. The lowest BCUT2D eigenvalue weighted by molar-refractivity contribution is 1.48. The van der Waals surface area contributed by atoms with E-state index in [1.807, 2.05) is 12.3 Å². The molecule has 0 radical (unpaired) electrons. The van der Waals surface area contributed by atoms with Gasteiger partial charge in [-0.05, 0) is 23.8 Å². The molecule has 0 unspecified atom stereocenters. The first-order chi connectivity index (χ1) is 6.24. The fourth-order valence-corrected chi connectivity index (χ4v) is 3.57. The third-order valence-corrected chi connectivity index (χ3v) is 4.19. The number of thioether (sulfide) groups is 1. The Kier molecular flexibility index (Phi) is 2.45. The number of nitrogens with two attached hydrogens (primary N) is 1. The minimum Gasteiger partial charge on any atom is -0.398 e. The van der Waals surface area contributed by atoms with Crippen molar-refractivity contribution in [3.8, 4) is 0 Å². The number of hydrogen-bond acceptors (Lipinski definition) is 4. The van der Waals surface area contributed by atoms with Crippen molar-refractivity contribution >= 4 is 51.5 Å². The first kappa shape index (κ1) is 9.24. The number of nitrogen functional groups attached to an aromatic ring is 1. The van der Waals surface area contributed by atoms with Gasteiger partial charge in [-0.15, -0.1) is 35.7 Å². The molecule has 1 nitrogen and oxygen atoms in total. The second kappa shape index (κ2) is 3.44. The van der Waals surface area contributed by atoms with Gasteiger partial charge in [0, 0.05) is 20.9 Å². The molecule has 2 rings (SSSR count). The van der Waals surface area contributed by atoms with Gasteiger partial charge in [0.1, 0.15) is 0 Å². The zero-order chi connectivity index (χ0) is 9.42. The Morgan fingerprint density at radius 2 is 2.31 bits per heavy atom. The molecule has 0 fully saturated rings. The summed E-state index contributed by atoms with van der Waals surface area (Å²) in [5, 5.41) is 3.27. The van der Waals surface area contributed by atoms with Crippen LogP contribution in [0, 0.1) is 0 Å². The van der Waals surface area contributed by atoms with Crippen LogP contribution in [0.2, 0.25) is 0 Å². The van der Waals surface area contributed by atoms with Crippen LogP contribution in [0.25, 0.3) is 10.1 Å². The van der Waals surface area contributed by atoms with E-state index in [1.54, 1.807) is 23.1 Å². The van der Waals surface area contributed by atoms with Crippen molar-refractivity contribution in [3.05, 3.63) is 17.5 Å². The lowest BCUT2D eigenvalue weighted by atomic mass is 10.2. The molecule has 13 heavy (non-hydrogen) atoms. The second-order valence-corrected chi connectivity index (χ2v) is 4.90. The summed E-state index contributed by atoms with van der Waals surface area (Å²) in [7, 11) is 0. The largest absolute Gasteiger partial charge is 0.398 e. The van der Waals surface area contributed by atoms with Crippen LogP contribution in [0.3, 0.4) is 0 Å². The van der Waals surface area contributed by atoms with E-state index in [0.29, 0.717) is 0 Å². The number of thiol groups is 1. The molecule has 0 saturated carbocycles. The van der Waals surface area contributed by atoms with Crippen molar-refractivity contribution in [1.82, 2.24) is 0 Å². The number of fused-ring (bicyclic) bond motifs is 1. The van der Waals surface area contributed by atoms with Gasteiger partial charge in [-0.1, -0.05) is 0 Å². The van der Waals surface area contributed by atoms with Gasteiger partial charge in [-0.25, -0.2) is 0 Å². The second-order valence-electron chi connectivity index (χ2n) is 2.68. The summed E-state index contributed by atoms with van der Waals surface area (Å²) < 4.78 is 1.25. The van der Waals surface area contributed by atoms with Crippen LogP contribution in [0.1, 0.15) is 0 Å². The first-order valence-corrected chi connectivity index (χ1v) is 6.32. The Balaban J connectivity index is 2.88. The van der Waals surface area contributed by atoms with Crippen molar-refractivity contribution in [2.45, 2.75) is 9.79 Å². The summed E-state index contributed by atoms with van der Waals surface area (Å²) in [6, 6.07) is 4.01. The Bertz CT molecular complexity index is 447. The minimum atomic E-state index is 0.826. The van der Waals surface area contributed by atoms with E-state index in [1.165, 1.54) is 15.0 Å². The minimum absolute atomic E-state index is 0.826. The molecular formula is C9H9NS3. The summed E-state index contributed by atoms with van der Waals surface area (Å²) in [6.45, 7) is 0. The van der Waals surface area contributed by atoms with E-state index in [-0.39, 0.29) is 0 Å². The molecule has 0 aliphatic heterocycles. The highest BCUT2D eigenvalue weighted by Gasteiger charge is 2.08. The number of benzene rings is 1. The maximum Gasteiger partial charge on any atom is 0.0510 e. The highest BCUT2D eigenvalue weighted by molar-refractivity contribution is 7.99. The van der Waals surface area contributed by atoms with Crippen molar-refractivity contribution in [2.24, 2.45) is 0 Å². The lowest BCUT2D eigenvalue weighted by Gasteiger charge is -2.05. The Morgan fingerprint density at radius 1 is 1.54 bits per heavy atom. The van der Waals surface area contributed by atoms with Gasteiger partial charge in [0.05, 0.1) is 4.70 Å². The summed E-state index contributed by atoms with van der Waals surface area (Å²) in [5.41, 5.74) is 6.72. The number of anilines is 1. The molecule has 1 aromatic heterocycles. The molecule has 0 bridgehead atoms. The smallest absolute Gasteiger partial charge is 0.0510 e. The molecule has 2 N–H and O–H groups in total. The lowest BCUT2D eigenvalue weighted by Crippen LogP contribution is -1.88. The Morgan fingerprint density at radius 3 is 3.00 bits per heavy atom. The van der Waals surface area contributed by atoms with Gasteiger partial charge in [0.2, 0.25) is 0 Å². The molecule has 0 aliphatic rings. The third-order valence-electron chi connectivity index (χ3n) is 1.91. The van der Waals surface area contributed by atoms with Crippen LogP contribution in [-0.4, -0.2) is 6.26 Å². The zero-order valence-corrected chi connectivity index (χ0v) is 9.60. The Labute approximate surface area is 90.7 Å². The molecule has 4 heteroatoms. The molecule has 1 aromatic carbocycles. The zero-order valence-electron chi connectivity index (χ0n) is 7.07. The standard InChI is InChI=1S/C9H9NS3/c1-12-9-6(10)4-7(11)5-2-3-13-8(5)9/h2-4,11H,10H2,1H3. The molecule has 0 saturated heterocycles. The maximum atomic E-state index is 5.89. The molecule has 0 amide bonds. The van der Waals surface area contributed by atoms with Gasteiger partial charge in [-0.2, -0.15) is 0 Å². The number of rotatable bonds is 1. The van der Waals surface area contributed by atoms with Crippen molar-refractivity contribution < 1.29 is 0 Å². The first-order valence-electron chi connectivity index (χ1n) is 3.76. The van der Waals surface area contributed by atoms with Crippen LogP contribution in [0.4, 0.5) is 5.69 Å². The van der Waals surface area contributed by atoms with Crippen LogP contribution in [0.15, 0.2) is 27.3 Å². The fourth-order valence-electron chi connectivity index (χ4n) is 1.32. The van der Waals surface area contributed by atoms with Gasteiger partial charge in [0.25, 0.3) is 0 Å². The third kappa shape index (κ3) is 1.43. The van der Waals surface area contributed by atoms with Crippen molar-refractivity contribution in [1.29, 1.82) is 0 Å². The predicted octanol–water partition coefficient (Wildman–Crippen LogP) is 3.49. The molecular weight excluding hydrogens is 218 g/mol. The van der Waals surface area contributed by atoms with Crippen molar-refractivity contribution in [2.75, 3.05) is 12.0 Å². The van der Waals surface area contributed by atoms with E-state index in [4.69, 9.17) is 5.73 Å². The molecule has 68 valence electrons. The maximum absolute atomic E-state index is 5.89. The quantitative estimate of drug-likeness (QED) is 0.443. The average Bonchev–Trinajstić information content (AvgIpc) is 2.53. The van der Waals surface area contributed by atoms with Crippen LogP contribution >= 0.6 is 35.7 Å². The molecule has 1 heterocycles. The van der Waals surface area contributed by atoms with E-state index < -0.39 is 0 Å². The molecule has 2 aromatic rings. The number of thiophene rings is 1. The molecule has 0 aliphatic carbocycles. The SMILES string of the molecule is CSc1c(N)cc(S)c2ccsc12. The summed E-state index contributed by atoms with van der Waals surface area (Å²) in [5.74, 6) is 0.